The van der Waals surface area contributed by atoms with Gasteiger partial charge in [0.15, 0.2) is 0 Å². The van der Waals surface area contributed by atoms with Crippen molar-refractivity contribution in [3.63, 3.8) is 0 Å². The van der Waals surface area contributed by atoms with E-state index in [2.05, 4.69) is 10.3 Å². The molecule has 3 nitrogen and oxygen atoms in total. The number of anilines is 1. The largest absolute Gasteiger partial charge is 0.496 e. The summed E-state index contributed by atoms with van der Waals surface area (Å²) in [5.41, 5.74) is 2.99. The van der Waals surface area contributed by atoms with Crippen LogP contribution in [0.3, 0.4) is 0 Å². The standard InChI is InChI=1S/C14H15ClN2O/c1-10-3-5-13(9-16-10)17-8-11-7-12(15)4-6-14(11)18-2/h3-7,9,17H,8H2,1-2H3. The fraction of sp³-hybridized carbons (Fsp3) is 0.214. The highest BCUT2D eigenvalue weighted by Gasteiger charge is 2.03. The van der Waals surface area contributed by atoms with Crippen molar-refractivity contribution in [1.82, 2.24) is 4.98 Å². The molecule has 1 aromatic carbocycles. The van der Waals surface area contributed by atoms with E-state index in [0.717, 1.165) is 22.7 Å². The predicted octanol–water partition coefficient (Wildman–Crippen LogP) is 3.66. The Balaban J connectivity index is 2.09. The molecular weight excluding hydrogens is 248 g/mol. The van der Waals surface area contributed by atoms with Gasteiger partial charge in [0, 0.05) is 22.8 Å². The molecule has 2 rings (SSSR count). The Morgan fingerprint density at radius 3 is 2.78 bits per heavy atom. The van der Waals surface area contributed by atoms with Crippen molar-refractivity contribution in [3.05, 3.63) is 52.8 Å². The molecule has 0 aliphatic carbocycles. The Bertz CT molecular complexity index is 526. The Kier molecular flexibility index (Phi) is 4.05. The van der Waals surface area contributed by atoms with E-state index in [1.807, 2.05) is 43.5 Å². The molecule has 1 N–H and O–H groups in total. The predicted molar refractivity (Wildman–Crippen MR) is 74.3 cm³/mol. The summed E-state index contributed by atoms with van der Waals surface area (Å²) in [6.45, 7) is 2.61. The van der Waals surface area contributed by atoms with E-state index in [4.69, 9.17) is 16.3 Å². The molecule has 0 aliphatic rings. The summed E-state index contributed by atoms with van der Waals surface area (Å²) in [7, 11) is 1.65. The zero-order valence-electron chi connectivity index (χ0n) is 10.4. The number of methoxy groups -OCH3 is 1. The topological polar surface area (TPSA) is 34.1 Å². The van der Waals surface area contributed by atoms with E-state index >= 15 is 0 Å². The first-order valence-electron chi connectivity index (χ1n) is 5.68. The number of ether oxygens (including phenoxy) is 1. The van der Waals surface area contributed by atoms with E-state index in [9.17, 15) is 0 Å². The number of rotatable bonds is 4. The summed E-state index contributed by atoms with van der Waals surface area (Å²) >= 11 is 5.98. The van der Waals surface area contributed by atoms with Crippen molar-refractivity contribution >= 4 is 17.3 Å². The minimum Gasteiger partial charge on any atom is -0.496 e. The zero-order chi connectivity index (χ0) is 13.0. The number of hydrogen-bond acceptors (Lipinski definition) is 3. The highest BCUT2D eigenvalue weighted by Crippen LogP contribution is 2.23. The molecule has 0 atom stereocenters. The molecule has 1 heterocycles. The number of aryl methyl sites for hydroxylation is 1. The Labute approximate surface area is 112 Å². The number of halogens is 1. The molecule has 0 radical (unpaired) electrons. The maximum Gasteiger partial charge on any atom is 0.123 e. The normalized spacial score (nSPS) is 10.2. The number of benzene rings is 1. The summed E-state index contributed by atoms with van der Waals surface area (Å²) in [4.78, 5) is 4.23. The molecule has 0 amide bonds. The molecule has 2 aromatic rings. The van der Waals surface area contributed by atoms with Crippen molar-refractivity contribution in [2.24, 2.45) is 0 Å². The van der Waals surface area contributed by atoms with Crippen molar-refractivity contribution < 1.29 is 4.74 Å². The third kappa shape index (κ3) is 3.14. The quantitative estimate of drug-likeness (QED) is 0.913. The van der Waals surface area contributed by atoms with Crippen LogP contribution in [0.25, 0.3) is 0 Å². The molecule has 0 saturated heterocycles. The van der Waals surface area contributed by atoms with E-state index in [1.165, 1.54) is 0 Å². The minimum absolute atomic E-state index is 0.647. The summed E-state index contributed by atoms with van der Waals surface area (Å²) in [5, 5.41) is 3.99. The number of pyridine rings is 1. The molecule has 0 spiro atoms. The Hall–Kier alpha value is -1.74. The molecule has 4 heteroatoms. The molecule has 0 fully saturated rings. The first kappa shape index (κ1) is 12.7. The fourth-order valence-corrected chi connectivity index (χ4v) is 1.85. The van der Waals surface area contributed by atoms with Crippen molar-refractivity contribution in [2.75, 3.05) is 12.4 Å². The summed E-state index contributed by atoms with van der Waals surface area (Å²) < 4.78 is 5.29. The second kappa shape index (κ2) is 5.74. The van der Waals surface area contributed by atoms with Gasteiger partial charge in [0.2, 0.25) is 0 Å². The lowest BCUT2D eigenvalue weighted by molar-refractivity contribution is 0.410. The Morgan fingerprint density at radius 2 is 2.11 bits per heavy atom. The SMILES string of the molecule is COc1ccc(Cl)cc1CNc1ccc(C)nc1. The van der Waals surface area contributed by atoms with Crippen molar-refractivity contribution in [1.29, 1.82) is 0 Å². The lowest BCUT2D eigenvalue weighted by Crippen LogP contribution is -2.02. The van der Waals surface area contributed by atoms with Crippen LogP contribution in [0.15, 0.2) is 36.5 Å². The number of nitrogens with zero attached hydrogens (tertiary/aromatic N) is 1. The summed E-state index contributed by atoms with van der Waals surface area (Å²) in [5.74, 6) is 0.826. The van der Waals surface area contributed by atoms with Crippen molar-refractivity contribution in [3.8, 4) is 5.75 Å². The van der Waals surface area contributed by atoms with Crippen LogP contribution in [0.1, 0.15) is 11.3 Å². The summed E-state index contributed by atoms with van der Waals surface area (Å²) in [6, 6.07) is 9.55. The highest BCUT2D eigenvalue weighted by molar-refractivity contribution is 6.30. The molecule has 1 aromatic heterocycles. The van der Waals surface area contributed by atoms with Gasteiger partial charge in [-0.2, -0.15) is 0 Å². The van der Waals surface area contributed by atoms with Crippen LogP contribution in [0, 0.1) is 6.92 Å². The van der Waals surface area contributed by atoms with Gasteiger partial charge in [0.1, 0.15) is 5.75 Å². The molecule has 94 valence electrons. The first-order chi connectivity index (χ1) is 8.69. The number of nitrogens with one attached hydrogen (secondary N) is 1. The van der Waals surface area contributed by atoms with Crippen LogP contribution in [0.5, 0.6) is 5.75 Å². The van der Waals surface area contributed by atoms with Gasteiger partial charge in [-0.15, -0.1) is 0 Å². The van der Waals surface area contributed by atoms with Gasteiger partial charge in [-0.3, -0.25) is 4.98 Å². The fourth-order valence-electron chi connectivity index (χ4n) is 1.65. The molecule has 0 unspecified atom stereocenters. The van der Waals surface area contributed by atoms with Crippen LogP contribution in [0.4, 0.5) is 5.69 Å². The molecular formula is C14H15ClN2O. The lowest BCUT2D eigenvalue weighted by Gasteiger charge is -2.11. The van der Waals surface area contributed by atoms with Crippen molar-refractivity contribution in [2.45, 2.75) is 13.5 Å². The van der Waals surface area contributed by atoms with Gasteiger partial charge in [0.05, 0.1) is 19.0 Å². The van der Waals surface area contributed by atoms with Crippen LogP contribution in [-0.4, -0.2) is 12.1 Å². The monoisotopic (exact) mass is 262 g/mol. The minimum atomic E-state index is 0.647. The van der Waals surface area contributed by atoms with Gasteiger partial charge in [0.25, 0.3) is 0 Å². The van der Waals surface area contributed by atoms with E-state index in [-0.39, 0.29) is 0 Å². The zero-order valence-corrected chi connectivity index (χ0v) is 11.2. The number of hydrogen-bond donors (Lipinski definition) is 1. The first-order valence-corrected chi connectivity index (χ1v) is 6.06. The summed E-state index contributed by atoms with van der Waals surface area (Å²) in [6.07, 6.45) is 1.81. The third-order valence-corrected chi connectivity index (χ3v) is 2.87. The van der Waals surface area contributed by atoms with Crippen LogP contribution in [0.2, 0.25) is 5.02 Å². The molecule has 18 heavy (non-hydrogen) atoms. The third-order valence-electron chi connectivity index (χ3n) is 2.64. The number of aromatic nitrogens is 1. The second-order valence-electron chi connectivity index (χ2n) is 4.00. The van der Waals surface area contributed by atoms with E-state index in [1.54, 1.807) is 7.11 Å². The average molecular weight is 263 g/mol. The molecule has 0 saturated carbocycles. The molecule has 0 bridgehead atoms. The van der Waals surface area contributed by atoms with Gasteiger partial charge in [-0.25, -0.2) is 0 Å². The average Bonchev–Trinajstić information content (AvgIpc) is 2.38. The highest BCUT2D eigenvalue weighted by atomic mass is 35.5. The maximum atomic E-state index is 5.98. The van der Waals surface area contributed by atoms with E-state index < -0.39 is 0 Å². The lowest BCUT2D eigenvalue weighted by atomic mass is 10.2. The maximum absolute atomic E-state index is 5.98. The molecule has 0 aliphatic heterocycles. The van der Waals surface area contributed by atoms with Crippen LogP contribution >= 0.6 is 11.6 Å². The van der Waals surface area contributed by atoms with Crippen LogP contribution in [-0.2, 0) is 6.54 Å². The van der Waals surface area contributed by atoms with E-state index in [0.29, 0.717) is 11.6 Å². The second-order valence-corrected chi connectivity index (χ2v) is 4.43. The smallest absolute Gasteiger partial charge is 0.123 e. The Morgan fingerprint density at radius 1 is 1.28 bits per heavy atom. The van der Waals surface area contributed by atoms with Gasteiger partial charge < -0.3 is 10.1 Å². The van der Waals surface area contributed by atoms with Crippen LogP contribution < -0.4 is 10.1 Å². The van der Waals surface area contributed by atoms with Gasteiger partial charge in [-0.1, -0.05) is 11.6 Å². The van der Waals surface area contributed by atoms with Gasteiger partial charge in [-0.05, 0) is 37.3 Å². The van der Waals surface area contributed by atoms with Gasteiger partial charge >= 0.3 is 0 Å².